The lowest BCUT2D eigenvalue weighted by molar-refractivity contribution is -0.142. The number of rotatable bonds is 3. The third-order valence-corrected chi connectivity index (χ3v) is 2.52. The normalized spacial score (nSPS) is 20.9. The molecule has 0 aromatic rings. The molecule has 0 aromatic heterocycles. The molecular weight excluding hydrogens is 214 g/mol. The number of carbonyl (C=O) groups is 2. The Morgan fingerprint density at radius 2 is 2.12 bits per heavy atom. The monoisotopic (exact) mass is 231 g/mol. The minimum atomic E-state index is -1.02. The van der Waals surface area contributed by atoms with Crippen molar-refractivity contribution in [1.29, 1.82) is 0 Å². The quantitative estimate of drug-likeness (QED) is 0.736. The highest BCUT2D eigenvalue weighted by molar-refractivity contribution is 5.80. The molecule has 0 bridgehead atoms. The molecule has 1 rings (SSSR count). The van der Waals surface area contributed by atoms with Gasteiger partial charge < -0.3 is 14.9 Å². The SMILES string of the molecule is CC(C)(CO)OC(=O)N1CCC[C@H]1C(=O)O. The highest BCUT2D eigenvalue weighted by Gasteiger charge is 2.37. The molecule has 6 heteroatoms. The second kappa shape index (κ2) is 4.69. The lowest BCUT2D eigenvalue weighted by Gasteiger charge is -2.28. The number of amides is 1. The van der Waals surface area contributed by atoms with Crippen molar-refractivity contribution < 1.29 is 24.5 Å². The van der Waals surface area contributed by atoms with Gasteiger partial charge in [0.1, 0.15) is 11.6 Å². The van der Waals surface area contributed by atoms with E-state index >= 15 is 0 Å². The van der Waals surface area contributed by atoms with E-state index in [-0.39, 0.29) is 6.61 Å². The van der Waals surface area contributed by atoms with Crippen LogP contribution in [0.25, 0.3) is 0 Å². The maximum absolute atomic E-state index is 11.7. The van der Waals surface area contributed by atoms with Crippen molar-refractivity contribution in [2.45, 2.75) is 38.3 Å². The summed E-state index contributed by atoms with van der Waals surface area (Å²) in [5.74, 6) is -1.02. The van der Waals surface area contributed by atoms with Crippen molar-refractivity contribution in [3.8, 4) is 0 Å². The van der Waals surface area contributed by atoms with Crippen LogP contribution >= 0.6 is 0 Å². The summed E-state index contributed by atoms with van der Waals surface area (Å²) in [6.07, 6.45) is 0.430. The van der Waals surface area contributed by atoms with Crippen LogP contribution < -0.4 is 0 Å². The maximum atomic E-state index is 11.7. The fourth-order valence-corrected chi connectivity index (χ4v) is 1.57. The Bertz CT molecular complexity index is 289. The van der Waals surface area contributed by atoms with Crippen LogP contribution in [0, 0.1) is 0 Å². The predicted molar refractivity (Wildman–Crippen MR) is 55.0 cm³/mol. The standard InChI is InChI=1S/C10H17NO5/c1-10(2,6-12)16-9(15)11-5-3-4-7(11)8(13)14/h7,12H,3-6H2,1-2H3,(H,13,14)/t7-/m0/s1. The van der Waals surface area contributed by atoms with E-state index in [9.17, 15) is 9.59 Å². The summed E-state index contributed by atoms with van der Waals surface area (Å²) in [6, 6.07) is -0.804. The highest BCUT2D eigenvalue weighted by atomic mass is 16.6. The number of aliphatic hydroxyl groups is 1. The van der Waals surface area contributed by atoms with Crippen LogP contribution in [0.4, 0.5) is 4.79 Å². The number of nitrogens with zero attached hydrogens (tertiary/aromatic N) is 1. The molecule has 0 aliphatic carbocycles. The fraction of sp³-hybridized carbons (Fsp3) is 0.800. The van der Waals surface area contributed by atoms with Gasteiger partial charge in [0.25, 0.3) is 0 Å². The molecule has 16 heavy (non-hydrogen) atoms. The first-order valence-electron chi connectivity index (χ1n) is 5.20. The van der Waals surface area contributed by atoms with Gasteiger partial charge in [0, 0.05) is 6.54 Å². The van der Waals surface area contributed by atoms with Crippen LogP contribution in [0.15, 0.2) is 0 Å². The maximum Gasteiger partial charge on any atom is 0.411 e. The highest BCUT2D eigenvalue weighted by Crippen LogP contribution is 2.20. The van der Waals surface area contributed by atoms with Crippen molar-refractivity contribution in [3.05, 3.63) is 0 Å². The second-order valence-corrected chi connectivity index (χ2v) is 4.48. The summed E-state index contributed by atoms with van der Waals surface area (Å²) in [7, 11) is 0. The zero-order chi connectivity index (χ0) is 12.3. The molecule has 1 saturated heterocycles. The third-order valence-electron chi connectivity index (χ3n) is 2.52. The van der Waals surface area contributed by atoms with Gasteiger partial charge in [-0.2, -0.15) is 0 Å². The molecule has 1 fully saturated rings. The van der Waals surface area contributed by atoms with Crippen LogP contribution in [-0.4, -0.2) is 52.0 Å². The summed E-state index contributed by atoms with van der Waals surface area (Å²) in [6.45, 7) is 3.22. The molecule has 0 spiro atoms. The molecule has 0 radical (unpaired) electrons. The molecule has 6 nitrogen and oxygen atoms in total. The fourth-order valence-electron chi connectivity index (χ4n) is 1.57. The van der Waals surface area contributed by atoms with Gasteiger partial charge in [-0.05, 0) is 26.7 Å². The van der Waals surface area contributed by atoms with Crippen molar-refractivity contribution in [2.24, 2.45) is 0 Å². The van der Waals surface area contributed by atoms with Crippen LogP contribution in [-0.2, 0) is 9.53 Å². The van der Waals surface area contributed by atoms with Crippen molar-refractivity contribution in [3.63, 3.8) is 0 Å². The number of aliphatic hydroxyl groups excluding tert-OH is 1. The van der Waals surface area contributed by atoms with E-state index in [4.69, 9.17) is 14.9 Å². The number of carboxylic acids is 1. The molecule has 2 N–H and O–H groups in total. The van der Waals surface area contributed by atoms with Gasteiger partial charge in [0.05, 0.1) is 6.61 Å². The van der Waals surface area contributed by atoms with Gasteiger partial charge in [0.2, 0.25) is 0 Å². The van der Waals surface area contributed by atoms with Crippen molar-refractivity contribution >= 4 is 12.1 Å². The molecule has 1 atom stereocenters. The van der Waals surface area contributed by atoms with Crippen LogP contribution in [0.5, 0.6) is 0 Å². The summed E-state index contributed by atoms with van der Waals surface area (Å²) in [5.41, 5.74) is -0.983. The smallest absolute Gasteiger partial charge is 0.411 e. The van der Waals surface area contributed by atoms with E-state index in [2.05, 4.69) is 0 Å². The number of hydrogen-bond donors (Lipinski definition) is 2. The van der Waals surface area contributed by atoms with Gasteiger partial charge in [0.15, 0.2) is 0 Å². The molecule has 0 saturated carbocycles. The van der Waals surface area contributed by atoms with Crippen molar-refractivity contribution in [2.75, 3.05) is 13.2 Å². The topological polar surface area (TPSA) is 87.1 Å². The number of hydrogen-bond acceptors (Lipinski definition) is 4. The Kier molecular flexibility index (Phi) is 3.74. The average molecular weight is 231 g/mol. The summed E-state index contributed by atoms with van der Waals surface area (Å²) in [4.78, 5) is 23.7. The van der Waals surface area contributed by atoms with Gasteiger partial charge in [-0.3, -0.25) is 4.90 Å². The molecule has 92 valence electrons. The van der Waals surface area contributed by atoms with E-state index in [1.54, 1.807) is 13.8 Å². The number of likely N-dealkylation sites (tertiary alicyclic amines) is 1. The minimum absolute atomic E-state index is 0.301. The van der Waals surface area contributed by atoms with E-state index in [0.29, 0.717) is 19.4 Å². The Morgan fingerprint density at radius 1 is 1.50 bits per heavy atom. The van der Waals surface area contributed by atoms with E-state index in [1.807, 2.05) is 0 Å². The summed E-state index contributed by atoms with van der Waals surface area (Å²) in [5, 5.41) is 17.8. The number of ether oxygens (including phenoxy) is 1. The van der Waals surface area contributed by atoms with E-state index in [1.165, 1.54) is 4.90 Å². The zero-order valence-corrected chi connectivity index (χ0v) is 9.47. The number of carboxylic acid groups (broad SMARTS) is 1. The van der Waals surface area contributed by atoms with Crippen LogP contribution in [0.2, 0.25) is 0 Å². The van der Waals surface area contributed by atoms with Crippen LogP contribution in [0.1, 0.15) is 26.7 Å². The third kappa shape index (κ3) is 2.85. The van der Waals surface area contributed by atoms with Gasteiger partial charge in [-0.15, -0.1) is 0 Å². The predicted octanol–water partition coefficient (Wildman–Crippen LogP) is 0.443. The first-order chi connectivity index (χ1) is 7.37. The molecule has 0 aromatic carbocycles. The molecule has 1 aliphatic heterocycles. The first-order valence-corrected chi connectivity index (χ1v) is 5.20. The van der Waals surface area contributed by atoms with Gasteiger partial charge in [-0.1, -0.05) is 0 Å². The van der Waals surface area contributed by atoms with Crippen LogP contribution in [0.3, 0.4) is 0 Å². The number of aliphatic carboxylic acids is 1. The Morgan fingerprint density at radius 3 is 2.62 bits per heavy atom. The molecule has 1 heterocycles. The Hall–Kier alpha value is -1.30. The van der Waals surface area contributed by atoms with E-state index in [0.717, 1.165) is 0 Å². The first kappa shape index (κ1) is 12.8. The number of carbonyl (C=O) groups excluding carboxylic acids is 1. The summed E-state index contributed by atoms with van der Waals surface area (Å²) >= 11 is 0. The second-order valence-electron chi connectivity index (χ2n) is 4.48. The molecular formula is C10H17NO5. The lowest BCUT2D eigenvalue weighted by Crippen LogP contribution is -2.44. The average Bonchev–Trinajstić information content (AvgIpc) is 2.65. The molecule has 1 amide bonds. The van der Waals surface area contributed by atoms with Crippen molar-refractivity contribution in [1.82, 2.24) is 4.90 Å². The van der Waals surface area contributed by atoms with E-state index < -0.39 is 23.7 Å². The zero-order valence-electron chi connectivity index (χ0n) is 9.47. The van der Waals surface area contributed by atoms with Gasteiger partial charge >= 0.3 is 12.1 Å². The Labute approximate surface area is 93.8 Å². The van der Waals surface area contributed by atoms with Gasteiger partial charge in [-0.25, -0.2) is 9.59 Å². The molecule has 1 aliphatic rings. The largest absolute Gasteiger partial charge is 0.480 e. The lowest BCUT2D eigenvalue weighted by atomic mass is 10.1. The Balaban J connectivity index is 2.63. The summed E-state index contributed by atoms with van der Waals surface area (Å²) < 4.78 is 5.03. The minimum Gasteiger partial charge on any atom is -0.480 e. The molecule has 0 unspecified atom stereocenters.